The van der Waals surface area contributed by atoms with Crippen molar-refractivity contribution in [3.63, 3.8) is 0 Å². The summed E-state index contributed by atoms with van der Waals surface area (Å²) in [6.45, 7) is 0. The van der Waals surface area contributed by atoms with Gasteiger partial charge in [0.25, 0.3) is 0 Å². The molecular formula is C12H6BrClF2S2. The highest BCUT2D eigenvalue weighted by molar-refractivity contribution is 9.10. The molecule has 0 atom stereocenters. The molecule has 0 heterocycles. The molecule has 0 saturated carbocycles. The summed E-state index contributed by atoms with van der Waals surface area (Å²) in [7, 11) is 0. The Kier molecular flexibility index (Phi) is 4.26. The molecule has 2 aromatic carbocycles. The summed E-state index contributed by atoms with van der Waals surface area (Å²) in [6.07, 6.45) is 0. The van der Waals surface area contributed by atoms with E-state index in [1.54, 1.807) is 0 Å². The van der Waals surface area contributed by atoms with Gasteiger partial charge in [-0.15, -0.1) is 25.3 Å². The second kappa shape index (κ2) is 5.41. The van der Waals surface area contributed by atoms with E-state index in [4.69, 9.17) is 11.6 Å². The van der Waals surface area contributed by atoms with Crippen LogP contribution in [0.4, 0.5) is 8.78 Å². The van der Waals surface area contributed by atoms with Crippen LogP contribution < -0.4 is 0 Å². The number of rotatable bonds is 1. The molecule has 0 unspecified atom stereocenters. The van der Waals surface area contributed by atoms with Gasteiger partial charge < -0.3 is 0 Å². The van der Waals surface area contributed by atoms with Crippen molar-refractivity contribution in [2.24, 2.45) is 0 Å². The lowest BCUT2D eigenvalue weighted by atomic mass is 10.0. The monoisotopic (exact) mass is 366 g/mol. The minimum absolute atomic E-state index is 0.102. The largest absolute Gasteiger partial charge is 0.206 e. The van der Waals surface area contributed by atoms with Gasteiger partial charge in [0.15, 0.2) is 0 Å². The zero-order valence-corrected chi connectivity index (χ0v) is 12.8. The molecule has 0 aliphatic rings. The van der Waals surface area contributed by atoms with Crippen LogP contribution in [0.1, 0.15) is 0 Å². The van der Waals surface area contributed by atoms with E-state index in [9.17, 15) is 8.78 Å². The lowest BCUT2D eigenvalue weighted by Gasteiger charge is -2.09. The normalized spacial score (nSPS) is 10.8. The van der Waals surface area contributed by atoms with Crippen molar-refractivity contribution in [1.29, 1.82) is 0 Å². The first-order valence-electron chi connectivity index (χ1n) is 4.76. The smallest absolute Gasteiger partial charge is 0.132 e. The molecule has 0 fully saturated rings. The van der Waals surface area contributed by atoms with Gasteiger partial charge in [-0.2, -0.15) is 0 Å². The van der Waals surface area contributed by atoms with Crippen LogP contribution in [0.5, 0.6) is 0 Å². The molecule has 2 aromatic rings. The Morgan fingerprint density at radius 3 is 2.00 bits per heavy atom. The summed E-state index contributed by atoms with van der Waals surface area (Å²) in [5, 5.41) is 0.184. The molecule has 0 N–H and O–H groups in total. The summed E-state index contributed by atoms with van der Waals surface area (Å²) >= 11 is 17.1. The molecule has 0 nitrogen and oxygen atoms in total. The average molecular weight is 368 g/mol. The number of hydrogen-bond acceptors (Lipinski definition) is 2. The quantitative estimate of drug-likeness (QED) is 0.600. The van der Waals surface area contributed by atoms with Crippen LogP contribution in [0.3, 0.4) is 0 Å². The van der Waals surface area contributed by atoms with Gasteiger partial charge in [0.1, 0.15) is 11.6 Å². The topological polar surface area (TPSA) is 0 Å². The van der Waals surface area contributed by atoms with E-state index in [0.29, 0.717) is 14.3 Å². The number of benzene rings is 2. The fraction of sp³-hybridized carbons (Fsp3) is 0. The highest BCUT2D eigenvalue weighted by Gasteiger charge is 2.14. The molecule has 0 aliphatic carbocycles. The van der Waals surface area contributed by atoms with Crippen molar-refractivity contribution >= 4 is 52.8 Å². The Labute approximate surface area is 127 Å². The van der Waals surface area contributed by atoms with Crippen molar-refractivity contribution < 1.29 is 8.78 Å². The first kappa shape index (κ1) is 14.2. The van der Waals surface area contributed by atoms with Crippen molar-refractivity contribution in [2.45, 2.75) is 9.79 Å². The molecule has 94 valence electrons. The number of hydrogen-bond donors (Lipinski definition) is 2. The van der Waals surface area contributed by atoms with Crippen LogP contribution in [0, 0.1) is 11.6 Å². The van der Waals surface area contributed by atoms with E-state index in [2.05, 4.69) is 41.2 Å². The SMILES string of the molecule is Fc1cc(Cl)c(S)cc1-c1cc(S)c(Br)cc1F. The van der Waals surface area contributed by atoms with E-state index in [0.717, 1.165) is 6.07 Å². The molecule has 6 heteroatoms. The Bertz CT molecular complexity index is 576. The molecule has 0 spiro atoms. The highest BCUT2D eigenvalue weighted by Crippen LogP contribution is 2.35. The molecule has 0 bridgehead atoms. The van der Waals surface area contributed by atoms with Gasteiger partial charge in [-0.25, -0.2) is 8.78 Å². The molecule has 2 rings (SSSR count). The second-order valence-electron chi connectivity index (χ2n) is 3.57. The van der Waals surface area contributed by atoms with Gasteiger partial charge in [0.2, 0.25) is 0 Å². The molecule has 0 radical (unpaired) electrons. The van der Waals surface area contributed by atoms with Crippen molar-refractivity contribution in [3.8, 4) is 11.1 Å². The maximum absolute atomic E-state index is 13.8. The molecule has 0 aliphatic heterocycles. The van der Waals surface area contributed by atoms with Gasteiger partial charge in [-0.05, 0) is 40.2 Å². The minimum atomic E-state index is -0.605. The van der Waals surface area contributed by atoms with E-state index >= 15 is 0 Å². The van der Waals surface area contributed by atoms with Gasteiger partial charge in [0.05, 0.1) is 5.02 Å². The minimum Gasteiger partial charge on any atom is -0.206 e. The third-order valence-corrected chi connectivity index (χ3v) is 4.51. The Morgan fingerprint density at radius 2 is 1.39 bits per heavy atom. The Balaban J connectivity index is 2.69. The summed E-state index contributed by atoms with van der Waals surface area (Å²) in [6, 6.07) is 5.19. The van der Waals surface area contributed by atoms with Crippen LogP contribution in [-0.2, 0) is 0 Å². The molecule has 18 heavy (non-hydrogen) atoms. The molecular weight excluding hydrogens is 362 g/mol. The molecule has 0 saturated heterocycles. The highest BCUT2D eigenvalue weighted by atomic mass is 79.9. The van der Waals surface area contributed by atoms with Crippen molar-refractivity contribution in [1.82, 2.24) is 0 Å². The lowest BCUT2D eigenvalue weighted by Crippen LogP contribution is -1.91. The number of thiol groups is 2. The standard InChI is InChI=1S/C12H6BrClF2S2/c13-7-3-9(15)5(1-11(7)17)6-2-12(18)8(14)4-10(6)16/h1-4,17-18H. The summed E-state index contributed by atoms with van der Waals surface area (Å²) < 4.78 is 28.2. The fourth-order valence-corrected chi connectivity index (χ4v) is 2.34. The third kappa shape index (κ3) is 2.69. The van der Waals surface area contributed by atoms with Gasteiger partial charge >= 0.3 is 0 Å². The number of halogens is 4. The van der Waals surface area contributed by atoms with Crippen LogP contribution >= 0.6 is 52.8 Å². The molecule has 0 aromatic heterocycles. The van der Waals surface area contributed by atoms with Crippen LogP contribution in [-0.4, -0.2) is 0 Å². The molecule has 0 amide bonds. The van der Waals surface area contributed by atoms with E-state index in [1.807, 2.05) is 0 Å². The van der Waals surface area contributed by atoms with Crippen molar-refractivity contribution in [3.05, 3.63) is 45.4 Å². The Hall–Kier alpha value is -0.230. The van der Waals surface area contributed by atoms with Gasteiger partial charge in [-0.3, -0.25) is 0 Å². The predicted molar refractivity (Wildman–Crippen MR) is 79.0 cm³/mol. The maximum Gasteiger partial charge on any atom is 0.132 e. The zero-order valence-electron chi connectivity index (χ0n) is 8.72. The third-order valence-electron chi connectivity index (χ3n) is 2.36. The summed E-state index contributed by atoms with van der Waals surface area (Å²) in [4.78, 5) is 0.901. The van der Waals surface area contributed by atoms with Crippen LogP contribution in [0.2, 0.25) is 5.02 Å². The van der Waals surface area contributed by atoms with Gasteiger partial charge in [-0.1, -0.05) is 11.6 Å². The summed E-state index contributed by atoms with van der Waals surface area (Å²) in [5.41, 5.74) is 0.220. The fourth-order valence-electron chi connectivity index (χ4n) is 1.49. The lowest BCUT2D eigenvalue weighted by molar-refractivity contribution is 0.614. The first-order valence-corrected chi connectivity index (χ1v) is 6.83. The van der Waals surface area contributed by atoms with Crippen molar-refractivity contribution in [2.75, 3.05) is 0 Å². The summed E-state index contributed by atoms with van der Waals surface area (Å²) in [5.74, 6) is -1.15. The van der Waals surface area contributed by atoms with E-state index in [1.165, 1.54) is 18.2 Å². The van der Waals surface area contributed by atoms with E-state index < -0.39 is 11.6 Å². The van der Waals surface area contributed by atoms with Crippen LogP contribution in [0.15, 0.2) is 38.5 Å². The maximum atomic E-state index is 13.8. The first-order chi connectivity index (χ1) is 8.40. The predicted octanol–water partition coefficient (Wildman–Crippen LogP) is 5.63. The van der Waals surface area contributed by atoms with Crippen LogP contribution in [0.25, 0.3) is 11.1 Å². The van der Waals surface area contributed by atoms with Gasteiger partial charge in [0, 0.05) is 25.4 Å². The second-order valence-corrected chi connectivity index (χ2v) is 5.79. The average Bonchev–Trinajstić information content (AvgIpc) is 2.29. The Morgan fingerprint density at radius 1 is 0.889 bits per heavy atom. The zero-order chi connectivity index (χ0) is 13.4. The van der Waals surface area contributed by atoms with E-state index in [-0.39, 0.29) is 16.1 Å².